The molecule has 1 rings (SSSR count). The van der Waals surface area contributed by atoms with E-state index in [1.807, 2.05) is 0 Å². The van der Waals surface area contributed by atoms with Crippen molar-refractivity contribution in [3.8, 4) is 6.07 Å². The van der Waals surface area contributed by atoms with Crippen molar-refractivity contribution < 1.29 is 9.53 Å². The maximum atomic E-state index is 11.4. The molecule has 0 aromatic heterocycles. The highest BCUT2D eigenvalue weighted by molar-refractivity contribution is 5.75. The molecule has 1 unspecified atom stereocenters. The molecule has 1 heterocycles. The van der Waals surface area contributed by atoms with Crippen LogP contribution in [-0.4, -0.2) is 25.2 Å². The predicted molar refractivity (Wildman–Crippen MR) is 60.7 cm³/mol. The monoisotopic (exact) mass is 224 g/mol. The van der Waals surface area contributed by atoms with Gasteiger partial charge >= 0.3 is 0 Å². The zero-order valence-electron chi connectivity index (χ0n) is 9.71. The van der Waals surface area contributed by atoms with Gasteiger partial charge in [-0.1, -0.05) is 0 Å². The number of carbonyl (C=O) groups is 1. The molecular formula is C12H20N2O2. The van der Waals surface area contributed by atoms with Crippen LogP contribution in [-0.2, 0) is 9.53 Å². The van der Waals surface area contributed by atoms with Gasteiger partial charge in [0.2, 0.25) is 5.91 Å². The molecular weight excluding hydrogens is 204 g/mol. The lowest BCUT2D eigenvalue weighted by Gasteiger charge is -2.08. The average molecular weight is 224 g/mol. The van der Waals surface area contributed by atoms with Crippen molar-refractivity contribution in [2.24, 2.45) is 0 Å². The van der Waals surface area contributed by atoms with Crippen LogP contribution in [0.15, 0.2) is 0 Å². The van der Waals surface area contributed by atoms with Gasteiger partial charge in [0.1, 0.15) is 0 Å². The molecule has 1 saturated heterocycles. The zero-order chi connectivity index (χ0) is 11.6. The fourth-order valence-electron chi connectivity index (χ4n) is 1.81. The molecule has 0 spiro atoms. The Morgan fingerprint density at radius 2 is 2.38 bits per heavy atom. The maximum Gasteiger partial charge on any atom is 0.220 e. The predicted octanol–water partition coefficient (Wildman–Crippen LogP) is 1.76. The molecule has 1 fully saturated rings. The van der Waals surface area contributed by atoms with Crippen molar-refractivity contribution in [2.45, 2.75) is 51.0 Å². The lowest BCUT2D eigenvalue weighted by atomic mass is 10.1. The Morgan fingerprint density at radius 1 is 1.50 bits per heavy atom. The minimum atomic E-state index is 0.104. The minimum absolute atomic E-state index is 0.104. The third kappa shape index (κ3) is 5.72. The molecule has 1 amide bonds. The average Bonchev–Trinajstić information content (AvgIpc) is 2.79. The zero-order valence-corrected chi connectivity index (χ0v) is 9.71. The van der Waals surface area contributed by atoms with Gasteiger partial charge in [-0.05, 0) is 32.1 Å². The molecule has 0 saturated carbocycles. The number of nitriles is 1. The normalized spacial score (nSPS) is 19.3. The van der Waals surface area contributed by atoms with Gasteiger partial charge in [0.25, 0.3) is 0 Å². The number of rotatable bonds is 7. The summed E-state index contributed by atoms with van der Waals surface area (Å²) in [5.74, 6) is 0.104. The van der Waals surface area contributed by atoms with Gasteiger partial charge in [0.05, 0.1) is 12.2 Å². The lowest BCUT2D eigenvalue weighted by Crippen LogP contribution is -2.25. The SMILES string of the molecule is N#CCCCCNC(=O)CCC1CCCO1. The summed E-state index contributed by atoms with van der Waals surface area (Å²) in [5.41, 5.74) is 0. The number of nitrogens with zero attached hydrogens (tertiary/aromatic N) is 1. The second-order valence-electron chi connectivity index (χ2n) is 4.14. The van der Waals surface area contributed by atoms with Crippen LogP contribution in [0.4, 0.5) is 0 Å². The Labute approximate surface area is 97.0 Å². The van der Waals surface area contributed by atoms with Crippen LogP contribution < -0.4 is 5.32 Å². The van der Waals surface area contributed by atoms with Crippen molar-refractivity contribution in [3.63, 3.8) is 0 Å². The number of carbonyl (C=O) groups excluding carboxylic acids is 1. The number of nitrogens with one attached hydrogen (secondary N) is 1. The summed E-state index contributed by atoms with van der Waals surface area (Å²) < 4.78 is 5.44. The van der Waals surface area contributed by atoms with Gasteiger partial charge in [0, 0.05) is 26.0 Å². The van der Waals surface area contributed by atoms with Crippen molar-refractivity contribution in [1.82, 2.24) is 5.32 Å². The lowest BCUT2D eigenvalue weighted by molar-refractivity contribution is -0.121. The molecule has 0 radical (unpaired) electrons. The summed E-state index contributed by atoms with van der Waals surface area (Å²) in [7, 11) is 0. The molecule has 4 nitrogen and oxygen atoms in total. The first-order chi connectivity index (χ1) is 7.83. The third-order valence-electron chi connectivity index (χ3n) is 2.75. The van der Waals surface area contributed by atoms with Crippen LogP contribution in [0.5, 0.6) is 0 Å². The number of hydrogen-bond donors (Lipinski definition) is 1. The first-order valence-corrected chi connectivity index (χ1v) is 6.08. The highest BCUT2D eigenvalue weighted by atomic mass is 16.5. The van der Waals surface area contributed by atoms with Crippen molar-refractivity contribution in [2.75, 3.05) is 13.2 Å². The Kier molecular flexibility index (Phi) is 6.59. The van der Waals surface area contributed by atoms with E-state index in [2.05, 4.69) is 11.4 Å². The molecule has 1 atom stereocenters. The number of ether oxygens (including phenoxy) is 1. The Balaban J connectivity index is 1.92. The number of unbranched alkanes of at least 4 members (excludes halogenated alkanes) is 2. The van der Waals surface area contributed by atoms with Crippen LogP contribution in [0, 0.1) is 11.3 Å². The number of hydrogen-bond acceptors (Lipinski definition) is 3. The summed E-state index contributed by atoms with van der Waals surface area (Å²) >= 11 is 0. The molecule has 1 aliphatic rings. The van der Waals surface area contributed by atoms with Crippen LogP contribution in [0.2, 0.25) is 0 Å². The summed E-state index contributed by atoms with van der Waals surface area (Å²) in [6.07, 6.45) is 6.24. The van der Waals surface area contributed by atoms with E-state index in [4.69, 9.17) is 10.00 Å². The standard InChI is InChI=1S/C12H20N2O2/c13-8-2-1-3-9-14-12(15)7-6-11-5-4-10-16-11/h11H,1-7,9-10H2,(H,14,15). The Bertz CT molecular complexity index is 242. The van der Waals surface area contributed by atoms with E-state index in [1.165, 1.54) is 0 Å². The first kappa shape index (κ1) is 13.0. The van der Waals surface area contributed by atoms with Crippen LogP contribution in [0.3, 0.4) is 0 Å². The van der Waals surface area contributed by atoms with Crippen LogP contribution >= 0.6 is 0 Å². The second kappa shape index (κ2) is 8.12. The van der Waals surface area contributed by atoms with Gasteiger partial charge in [-0.15, -0.1) is 0 Å². The van der Waals surface area contributed by atoms with E-state index in [9.17, 15) is 4.79 Å². The van der Waals surface area contributed by atoms with Crippen molar-refractivity contribution in [1.29, 1.82) is 5.26 Å². The van der Waals surface area contributed by atoms with Gasteiger partial charge in [-0.25, -0.2) is 0 Å². The molecule has 1 aliphatic heterocycles. The molecule has 4 heteroatoms. The molecule has 1 N–H and O–H groups in total. The third-order valence-corrected chi connectivity index (χ3v) is 2.75. The summed E-state index contributed by atoms with van der Waals surface area (Å²) in [4.78, 5) is 11.4. The smallest absolute Gasteiger partial charge is 0.220 e. The molecule has 0 aliphatic carbocycles. The van der Waals surface area contributed by atoms with Gasteiger partial charge in [0.15, 0.2) is 0 Å². The van der Waals surface area contributed by atoms with E-state index in [0.29, 0.717) is 25.5 Å². The largest absolute Gasteiger partial charge is 0.378 e. The van der Waals surface area contributed by atoms with E-state index >= 15 is 0 Å². The van der Waals surface area contributed by atoms with E-state index in [0.717, 1.165) is 38.7 Å². The van der Waals surface area contributed by atoms with Crippen molar-refractivity contribution in [3.05, 3.63) is 0 Å². The van der Waals surface area contributed by atoms with Crippen LogP contribution in [0.1, 0.15) is 44.9 Å². The van der Waals surface area contributed by atoms with E-state index in [1.54, 1.807) is 0 Å². The quantitative estimate of drug-likeness (QED) is 0.670. The van der Waals surface area contributed by atoms with E-state index in [-0.39, 0.29) is 5.91 Å². The van der Waals surface area contributed by atoms with Gasteiger partial charge in [-0.2, -0.15) is 5.26 Å². The second-order valence-corrected chi connectivity index (χ2v) is 4.14. The molecule has 0 aromatic rings. The Morgan fingerprint density at radius 3 is 3.06 bits per heavy atom. The summed E-state index contributed by atoms with van der Waals surface area (Å²) in [5, 5.41) is 11.2. The topological polar surface area (TPSA) is 62.1 Å². The number of amides is 1. The van der Waals surface area contributed by atoms with Gasteiger partial charge < -0.3 is 10.1 Å². The maximum absolute atomic E-state index is 11.4. The molecule has 0 aromatic carbocycles. The Hall–Kier alpha value is -1.08. The summed E-state index contributed by atoms with van der Waals surface area (Å²) in [6, 6.07) is 2.09. The minimum Gasteiger partial charge on any atom is -0.378 e. The summed E-state index contributed by atoms with van der Waals surface area (Å²) in [6.45, 7) is 1.53. The highest BCUT2D eigenvalue weighted by Crippen LogP contribution is 2.16. The highest BCUT2D eigenvalue weighted by Gasteiger charge is 2.16. The molecule has 0 bridgehead atoms. The van der Waals surface area contributed by atoms with Crippen molar-refractivity contribution >= 4 is 5.91 Å². The fourth-order valence-corrected chi connectivity index (χ4v) is 1.81. The van der Waals surface area contributed by atoms with Crippen LogP contribution in [0.25, 0.3) is 0 Å². The molecule has 90 valence electrons. The molecule has 16 heavy (non-hydrogen) atoms. The first-order valence-electron chi connectivity index (χ1n) is 6.08. The van der Waals surface area contributed by atoms with Gasteiger partial charge in [-0.3, -0.25) is 4.79 Å². The fraction of sp³-hybridized carbons (Fsp3) is 0.833. The van der Waals surface area contributed by atoms with E-state index < -0.39 is 0 Å².